The van der Waals surface area contributed by atoms with E-state index in [-0.39, 0.29) is 36.0 Å². The van der Waals surface area contributed by atoms with Crippen LogP contribution in [0.2, 0.25) is 0 Å². The number of nitrogens with one attached hydrogen (secondary N) is 3. The Morgan fingerprint density at radius 3 is 2.72 bits per heavy atom. The molecule has 1 aliphatic heterocycles. The predicted molar refractivity (Wildman–Crippen MR) is 114 cm³/mol. The van der Waals surface area contributed by atoms with E-state index >= 15 is 0 Å². The number of carbonyl (C=O) groups is 2. The molecule has 3 N–H and O–H groups in total. The molecule has 1 aliphatic rings. The Bertz CT molecular complexity index is 710. The maximum absolute atomic E-state index is 13.1. The van der Waals surface area contributed by atoms with Gasteiger partial charge >= 0.3 is 6.03 Å². The van der Waals surface area contributed by atoms with E-state index in [9.17, 15) is 9.59 Å². The second kappa shape index (κ2) is 10.5. The third-order valence-corrected chi connectivity index (χ3v) is 4.90. The van der Waals surface area contributed by atoms with Crippen molar-refractivity contribution in [1.29, 1.82) is 0 Å². The first kappa shape index (κ1) is 23.0. The zero-order valence-electron chi connectivity index (χ0n) is 18.2. The quantitative estimate of drug-likeness (QED) is 0.716. The lowest BCUT2D eigenvalue weighted by atomic mass is 10.0. The van der Waals surface area contributed by atoms with E-state index in [1.54, 1.807) is 37.3 Å². The lowest BCUT2D eigenvalue weighted by Crippen LogP contribution is -2.44. The highest BCUT2D eigenvalue weighted by molar-refractivity contribution is 5.98. The normalized spacial score (nSPS) is 23.5. The van der Waals surface area contributed by atoms with E-state index in [0.29, 0.717) is 30.2 Å². The number of amides is 3. The number of methoxy groups -OCH3 is 1. The number of rotatable bonds is 3. The number of hydrogen-bond donors (Lipinski definition) is 3. The van der Waals surface area contributed by atoms with E-state index < -0.39 is 0 Å². The topological polar surface area (TPSA) is 91.9 Å². The molecule has 0 radical (unpaired) electrons. The van der Waals surface area contributed by atoms with Crippen LogP contribution in [0.1, 0.15) is 38.1 Å². The molecule has 0 aliphatic carbocycles. The van der Waals surface area contributed by atoms with Crippen LogP contribution in [0.5, 0.6) is 5.75 Å². The molecule has 0 saturated carbocycles. The van der Waals surface area contributed by atoms with E-state index in [1.165, 1.54) is 0 Å². The molecule has 0 spiro atoms. The molecule has 8 heteroatoms. The molecule has 0 unspecified atom stereocenters. The van der Waals surface area contributed by atoms with Gasteiger partial charge in [-0.05, 0) is 38.8 Å². The first-order valence-corrected chi connectivity index (χ1v) is 10.1. The van der Waals surface area contributed by atoms with Crippen LogP contribution in [0.25, 0.3) is 0 Å². The van der Waals surface area contributed by atoms with Crippen LogP contribution in [0.4, 0.5) is 10.5 Å². The summed E-state index contributed by atoms with van der Waals surface area (Å²) in [5, 5.41) is 9.01. The maximum atomic E-state index is 13.1. The molecule has 0 saturated heterocycles. The Balaban J connectivity index is 2.29. The van der Waals surface area contributed by atoms with Crippen molar-refractivity contribution < 1.29 is 19.1 Å². The monoisotopic (exact) mass is 406 g/mol. The molecule has 0 aromatic heterocycles. The number of benzene rings is 1. The van der Waals surface area contributed by atoms with Crippen LogP contribution in [0.15, 0.2) is 18.2 Å². The van der Waals surface area contributed by atoms with Gasteiger partial charge in [0, 0.05) is 51.1 Å². The van der Waals surface area contributed by atoms with Gasteiger partial charge in [-0.15, -0.1) is 0 Å². The fourth-order valence-corrected chi connectivity index (χ4v) is 3.16. The molecule has 0 fully saturated rings. The van der Waals surface area contributed by atoms with Gasteiger partial charge in [-0.2, -0.15) is 0 Å². The molecule has 162 valence electrons. The lowest BCUT2D eigenvalue weighted by Gasteiger charge is -2.30. The van der Waals surface area contributed by atoms with Gasteiger partial charge in [0.25, 0.3) is 5.91 Å². The van der Waals surface area contributed by atoms with E-state index in [0.717, 1.165) is 6.54 Å². The lowest BCUT2D eigenvalue weighted by molar-refractivity contribution is 0.0281. The Kier molecular flexibility index (Phi) is 8.28. The maximum Gasteiger partial charge on any atom is 0.319 e. The Morgan fingerprint density at radius 2 is 2.07 bits per heavy atom. The van der Waals surface area contributed by atoms with Gasteiger partial charge in [0.15, 0.2) is 0 Å². The Hall–Kier alpha value is -2.32. The van der Waals surface area contributed by atoms with E-state index in [4.69, 9.17) is 9.47 Å². The summed E-state index contributed by atoms with van der Waals surface area (Å²) >= 11 is 0. The van der Waals surface area contributed by atoms with Crippen molar-refractivity contribution in [3.63, 3.8) is 0 Å². The number of ether oxygens (including phenoxy) is 2. The molecule has 29 heavy (non-hydrogen) atoms. The molecular weight excluding hydrogens is 372 g/mol. The summed E-state index contributed by atoms with van der Waals surface area (Å²) in [6, 6.07) is 4.90. The average Bonchev–Trinajstić information content (AvgIpc) is 2.66. The smallest absolute Gasteiger partial charge is 0.319 e. The summed E-state index contributed by atoms with van der Waals surface area (Å²) < 4.78 is 11.6. The largest absolute Gasteiger partial charge is 0.491 e. The van der Waals surface area contributed by atoms with Gasteiger partial charge in [-0.25, -0.2) is 4.79 Å². The van der Waals surface area contributed by atoms with Crippen LogP contribution >= 0.6 is 0 Å². The molecular formula is C21H34N4O4. The van der Waals surface area contributed by atoms with E-state index in [1.807, 2.05) is 20.8 Å². The molecule has 8 nitrogen and oxygen atoms in total. The summed E-state index contributed by atoms with van der Waals surface area (Å²) in [5.74, 6) is 0.539. The number of urea groups is 1. The minimum atomic E-state index is -0.302. The van der Waals surface area contributed by atoms with Crippen molar-refractivity contribution in [3.05, 3.63) is 23.8 Å². The Labute approximate surface area is 173 Å². The van der Waals surface area contributed by atoms with E-state index in [2.05, 4.69) is 22.9 Å². The van der Waals surface area contributed by atoms with Crippen molar-refractivity contribution in [3.8, 4) is 5.75 Å². The number of fused-ring (bicyclic) bond motifs is 1. The van der Waals surface area contributed by atoms with Gasteiger partial charge in [-0.1, -0.05) is 6.92 Å². The second-order valence-electron chi connectivity index (χ2n) is 8.02. The fraction of sp³-hybridized carbons (Fsp3) is 0.619. The third kappa shape index (κ3) is 6.61. The second-order valence-corrected chi connectivity index (χ2v) is 8.02. The van der Waals surface area contributed by atoms with Crippen LogP contribution in [0.3, 0.4) is 0 Å². The first-order chi connectivity index (χ1) is 13.7. The molecule has 2 rings (SSSR count). The molecule has 1 heterocycles. The van der Waals surface area contributed by atoms with Crippen molar-refractivity contribution in [1.82, 2.24) is 15.5 Å². The van der Waals surface area contributed by atoms with Gasteiger partial charge in [-0.3, -0.25) is 4.79 Å². The number of carbonyl (C=O) groups excluding carboxylic acids is 2. The van der Waals surface area contributed by atoms with Gasteiger partial charge in [0.05, 0.1) is 11.7 Å². The summed E-state index contributed by atoms with van der Waals surface area (Å²) in [6.45, 7) is 9.54. The zero-order valence-corrected chi connectivity index (χ0v) is 18.2. The fourth-order valence-electron chi connectivity index (χ4n) is 3.16. The highest BCUT2D eigenvalue weighted by Gasteiger charge is 2.25. The van der Waals surface area contributed by atoms with Crippen molar-refractivity contribution in [2.75, 3.05) is 39.2 Å². The standard InChI is InChI=1S/C21H34N4O4/c1-13(2)23-21(27)24-16-7-8-17-18(9-16)29-12-15(4)22-10-14(3)19(28-6)11-25(5)20(17)26/h7-9,13-15,19,22H,10-12H2,1-6H3,(H2,23,24,27)/t14-,15+,19+/m1/s1. The summed E-state index contributed by atoms with van der Waals surface area (Å²) in [7, 11) is 3.43. The predicted octanol–water partition coefficient (Wildman–Crippen LogP) is 2.31. The van der Waals surface area contributed by atoms with Crippen LogP contribution in [-0.4, -0.2) is 68.9 Å². The third-order valence-electron chi connectivity index (χ3n) is 4.90. The SMILES string of the molecule is CO[C@H]1CN(C)C(=O)c2ccc(NC(=O)NC(C)C)cc2OC[C@H](C)NC[C@H]1C. The highest BCUT2D eigenvalue weighted by atomic mass is 16.5. The number of nitrogens with zero attached hydrogens (tertiary/aromatic N) is 1. The summed E-state index contributed by atoms with van der Waals surface area (Å²) in [6.07, 6.45) is -0.0758. The van der Waals surface area contributed by atoms with Gasteiger partial charge < -0.3 is 30.3 Å². The van der Waals surface area contributed by atoms with Crippen LogP contribution in [-0.2, 0) is 4.74 Å². The van der Waals surface area contributed by atoms with Crippen molar-refractivity contribution in [2.24, 2.45) is 5.92 Å². The molecule has 1 aromatic carbocycles. The Morgan fingerprint density at radius 1 is 1.34 bits per heavy atom. The zero-order chi connectivity index (χ0) is 21.6. The minimum Gasteiger partial charge on any atom is -0.491 e. The van der Waals surface area contributed by atoms with Gasteiger partial charge in [0.2, 0.25) is 0 Å². The van der Waals surface area contributed by atoms with Crippen LogP contribution < -0.4 is 20.7 Å². The number of likely N-dealkylation sites (N-methyl/N-ethyl adjacent to an activating group) is 1. The van der Waals surface area contributed by atoms with Gasteiger partial charge in [0.1, 0.15) is 12.4 Å². The van der Waals surface area contributed by atoms with Crippen molar-refractivity contribution in [2.45, 2.75) is 45.9 Å². The molecule has 3 amide bonds. The van der Waals surface area contributed by atoms with Crippen LogP contribution in [0, 0.1) is 5.92 Å². The minimum absolute atomic E-state index is 0.0220. The van der Waals surface area contributed by atoms with Crippen molar-refractivity contribution >= 4 is 17.6 Å². The molecule has 0 bridgehead atoms. The first-order valence-electron chi connectivity index (χ1n) is 10.1. The summed E-state index contributed by atoms with van der Waals surface area (Å²) in [5.41, 5.74) is 1.02. The average molecular weight is 407 g/mol. The number of hydrogen-bond acceptors (Lipinski definition) is 5. The molecule has 3 atom stereocenters. The number of anilines is 1. The summed E-state index contributed by atoms with van der Waals surface area (Å²) in [4.78, 5) is 26.7. The highest BCUT2D eigenvalue weighted by Crippen LogP contribution is 2.26. The molecule has 1 aromatic rings.